The van der Waals surface area contributed by atoms with Gasteiger partial charge in [0, 0.05) is 5.56 Å². The van der Waals surface area contributed by atoms with Crippen molar-refractivity contribution in [1.82, 2.24) is 0 Å². The van der Waals surface area contributed by atoms with Gasteiger partial charge in [-0.3, -0.25) is 0 Å². The lowest BCUT2D eigenvalue weighted by molar-refractivity contribution is 0.250. The van der Waals surface area contributed by atoms with E-state index in [1.807, 2.05) is 36.4 Å². The molecule has 3 nitrogen and oxygen atoms in total. The fourth-order valence-electron chi connectivity index (χ4n) is 2.58. The summed E-state index contributed by atoms with van der Waals surface area (Å²) in [6, 6.07) is 19.9. The highest BCUT2D eigenvalue weighted by Crippen LogP contribution is 2.32. The normalized spacial score (nSPS) is 10.6. The van der Waals surface area contributed by atoms with Gasteiger partial charge in [-0.1, -0.05) is 54.6 Å². The van der Waals surface area contributed by atoms with Crippen molar-refractivity contribution in [2.45, 2.75) is 13.2 Å². The molecule has 0 saturated carbocycles. The third-order valence-electron chi connectivity index (χ3n) is 3.70. The fraction of sp³-hybridized carbons (Fsp3) is 0.158. The molecule has 0 saturated heterocycles. The van der Waals surface area contributed by atoms with E-state index in [9.17, 15) is 5.11 Å². The second kappa shape index (κ2) is 6.50. The van der Waals surface area contributed by atoms with Crippen LogP contribution >= 0.6 is 0 Å². The first-order valence-electron chi connectivity index (χ1n) is 7.19. The van der Waals surface area contributed by atoms with Crippen LogP contribution in [0.5, 0.6) is 11.5 Å². The van der Waals surface area contributed by atoms with Crippen molar-refractivity contribution in [3.63, 3.8) is 0 Å². The Hall–Kier alpha value is -2.52. The first-order valence-corrected chi connectivity index (χ1v) is 7.19. The Morgan fingerprint density at radius 3 is 2.41 bits per heavy atom. The zero-order chi connectivity index (χ0) is 15.4. The van der Waals surface area contributed by atoms with Gasteiger partial charge in [0.15, 0.2) is 11.5 Å². The van der Waals surface area contributed by atoms with E-state index in [0.29, 0.717) is 18.1 Å². The maximum atomic E-state index is 9.47. The summed E-state index contributed by atoms with van der Waals surface area (Å²) in [4.78, 5) is 0. The maximum absolute atomic E-state index is 9.47. The molecule has 0 bridgehead atoms. The summed E-state index contributed by atoms with van der Waals surface area (Å²) >= 11 is 0. The van der Waals surface area contributed by atoms with E-state index in [0.717, 1.165) is 11.1 Å². The van der Waals surface area contributed by atoms with Crippen molar-refractivity contribution in [2.75, 3.05) is 7.11 Å². The topological polar surface area (TPSA) is 38.7 Å². The van der Waals surface area contributed by atoms with Crippen molar-refractivity contribution in [3.05, 3.63) is 71.8 Å². The molecule has 0 aliphatic carbocycles. The third-order valence-corrected chi connectivity index (χ3v) is 3.70. The van der Waals surface area contributed by atoms with Crippen LogP contribution in [-0.4, -0.2) is 12.2 Å². The summed E-state index contributed by atoms with van der Waals surface area (Å²) in [5.74, 6) is 1.23. The van der Waals surface area contributed by atoms with Gasteiger partial charge in [0.2, 0.25) is 0 Å². The number of ether oxygens (including phenoxy) is 2. The van der Waals surface area contributed by atoms with Crippen molar-refractivity contribution in [1.29, 1.82) is 0 Å². The SMILES string of the molecule is COc1cccc(CO)c1OCc1cccc2ccccc12. The first kappa shape index (κ1) is 14.4. The highest BCUT2D eigenvalue weighted by atomic mass is 16.5. The maximum Gasteiger partial charge on any atom is 0.167 e. The number of rotatable bonds is 5. The van der Waals surface area contributed by atoms with Gasteiger partial charge < -0.3 is 14.6 Å². The number of aliphatic hydroxyl groups excluding tert-OH is 1. The molecule has 0 unspecified atom stereocenters. The third kappa shape index (κ3) is 2.76. The van der Waals surface area contributed by atoms with Gasteiger partial charge in [0.05, 0.1) is 13.7 Å². The molecule has 0 atom stereocenters. The van der Waals surface area contributed by atoms with Crippen molar-refractivity contribution in [2.24, 2.45) is 0 Å². The molecule has 3 aromatic rings. The lowest BCUT2D eigenvalue weighted by Crippen LogP contribution is -2.01. The molecule has 112 valence electrons. The Balaban J connectivity index is 1.92. The molecule has 0 spiro atoms. The predicted octanol–water partition coefficient (Wildman–Crippen LogP) is 3.92. The summed E-state index contributed by atoms with van der Waals surface area (Å²) in [5.41, 5.74) is 1.83. The first-order chi connectivity index (χ1) is 10.8. The summed E-state index contributed by atoms with van der Waals surface area (Å²) < 4.78 is 11.3. The zero-order valence-corrected chi connectivity index (χ0v) is 12.5. The second-order valence-electron chi connectivity index (χ2n) is 5.03. The number of aliphatic hydroxyl groups is 1. The number of hydrogen-bond donors (Lipinski definition) is 1. The molecule has 3 heteroatoms. The summed E-state index contributed by atoms with van der Waals surface area (Å²) in [7, 11) is 1.60. The predicted molar refractivity (Wildman–Crippen MR) is 87.2 cm³/mol. The molecule has 22 heavy (non-hydrogen) atoms. The molecule has 0 aliphatic heterocycles. The number of fused-ring (bicyclic) bond motifs is 1. The van der Waals surface area contributed by atoms with Crippen LogP contribution in [0.2, 0.25) is 0 Å². The molecule has 1 N–H and O–H groups in total. The van der Waals surface area contributed by atoms with Crippen LogP contribution in [0.3, 0.4) is 0 Å². The minimum absolute atomic E-state index is 0.0813. The zero-order valence-electron chi connectivity index (χ0n) is 12.5. The largest absolute Gasteiger partial charge is 0.493 e. The van der Waals surface area contributed by atoms with Crippen LogP contribution in [0.1, 0.15) is 11.1 Å². The molecule has 3 aromatic carbocycles. The van der Waals surface area contributed by atoms with Crippen LogP contribution in [0, 0.1) is 0 Å². The summed E-state index contributed by atoms with van der Waals surface area (Å²) in [6.45, 7) is 0.344. The molecule has 0 aliphatic rings. The molecule has 0 fully saturated rings. The molecule has 3 rings (SSSR count). The number of hydrogen-bond acceptors (Lipinski definition) is 3. The average Bonchev–Trinajstić information content (AvgIpc) is 2.59. The van der Waals surface area contributed by atoms with E-state index in [-0.39, 0.29) is 6.61 Å². The van der Waals surface area contributed by atoms with Gasteiger partial charge in [0.1, 0.15) is 6.61 Å². The average molecular weight is 294 g/mol. The van der Waals surface area contributed by atoms with Crippen LogP contribution in [-0.2, 0) is 13.2 Å². The summed E-state index contributed by atoms with van der Waals surface area (Å²) in [6.07, 6.45) is 0. The molecule has 0 aromatic heterocycles. The number of para-hydroxylation sites is 1. The molecule has 0 heterocycles. The molecular formula is C19H18O3. The Labute approximate surface area is 129 Å². The van der Waals surface area contributed by atoms with Gasteiger partial charge in [0.25, 0.3) is 0 Å². The highest BCUT2D eigenvalue weighted by Gasteiger charge is 2.11. The second-order valence-corrected chi connectivity index (χ2v) is 5.03. The van der Waals surface area contributed by atoms with Crippen LogP contribution in [0.25, 0.3) is 10.8 Å². The molecule has 0 amide bonds. The smallest absolute Gasteiger partial charge is 0.167 e. The highest BCUT2D eigenvalue weighted by molar-refractivity contribution is 5.85. The molecular weight excluding hydrogens is 276 g/mol. The Kier molecular flexibility index (Phi) is 4.26. The Morgan fingerprint density at radius 1 is 0.864 bits per heavy atom. The minimum Gasteiger partial charge on any atom is -0.493 e. The lowest BCUT2D eigenvalue weighted by Gasteiger charge is -2.15. The Morgan fingerprint density at radius 2 is 1.59 bits per heavy atom. The number of benzene rings is 3. The van der Waals surface area contributed by atoms with Crippen molar-refractivity contribution in [3.8, 4) is 11.5 Å². The van der Waals surface area contributed by atoms with Gasteiger partial charge in [-0.05, 0) is 22.4 Å². The van der Waals surface area contributed by atoms with Gasteiger partial charge in [-0.15, -0.1) is 0 Å². The lowest BCUT2D eigenvalue weighted by atomic mass is 10.1. The quantitative estimate of drug-likeness (QED) is 0.775. The van der Waals surface area contributed by atoms with E-state index in [4.69, 9.17) is 9.47 Å². The summed E-state index contributed by atoms with van der Waals surface area (Å²) in [5, 5.41) is 11.8. The van der Waals surface area contributed by atoms with Gasteiger partial charge in [-0.25, -0.2) is 0 Å². The van der Waals surface area contributed by atoms with Gasteiger partial charge >= 0.3 is 0 Å². The minimum atomic E-state index is -0.0813. The van der Waals surface area contributed by atoms with E-state index >= 15 is 0 Å². The fourth-order valence-corrected chi connectivity index (χ4v) is 2.58. The van der Waals surface area contributed by atoms with Crippen LogP contribution in [0.4, 0.5) is 0 Å². The van der Waals surface area contributed by atoms with E-state index < -0.39 is 0 Å². The monoisotopic (exact) mass is 294 g/mol. The van der Waals surface area contributed by atoms with E-state index in [1.165, 1.54) is 10.8 Å². The van der Waals surface area contributed by atoms with Gasteiger partial charge in [-0.2, -0.15) is 0 Å². The molecule has 0 radical (unpaired) electrons. The van der Waals surface area contributed by atoms with Crippen molar-refractivity contribution < 1.29 is 14.6 Å². The van der Waals surface area contributed by atoms with Crippen LogP contribution in [0.15, 0.2) is 60.7 Å². The number of methoxy groups -OCH3 is 1. The van der Waals surface area contributed by atoms with Crippen molar-refractivity contribution >= 4 is 10.8 Å². The van der Waals surface area contributed by atoms with E-state index in [2.05, 4.69) is 24.3 Å². The van der Waals surface area contributed by atoms with Crippen LogP contribution < -0.4 is 9.47 Å². The Bertz CT molecular complexity index is 753. The standard InChI is InChI=1S/C19H18O3/c1-21-18-11-5-8-15(12-20)19(18)22-13-16-9-4-7-14-6-2-3-10-17(14)16/h2-11,20H,12-13H2,1H3. The van der Waals surface area contributed by atoms with E-state index in [1.54, 1.807) is 7.11 Å².